The number of fused-ring (bicyclic) bond motifs is 2. The summed E-state index contributed by atoms with van der Waals surface area (Å²) >= 11 is 1.91. The number of aromatic nitrogens is 2. The van der Waals surface area contributed by atoms with E-state index in [0.29, 0.717) is 0 Å². The van der Waals surface area contributed by atoms with Crippen LogP contribution in [0.4, 0.5) is 0 Å². The van der Waals surface area contributed by atoms with Crippen LogP contribution in [-0.4, -0.2) is 9.97 Å². The standard InChI is InChI=1S/C16H16N2S/c1-2-10-6-7-12-13(8-10)18-16(17-12)15-9-11-4-3-5-14(11)19-15/h6-9H,2-5H2,1H3,(H,17,18). The number of benzene rings is 1. The molecule has 0 radical (unpaired) electrons. The quantitative estimate of drug-likeness (QED) is 0.735. The SMILES string of the molecule is CCc1ccc2nc(-c3cc4c(s3)CCC4)[nH]c2c1. The maximum atomic E-state index is 4.73. The van der Waals surface area contributed by atoms with Crippen molar-refractivity contribution in [1.29, 1.82) is 0 Å². The van der Waals surface area contributed by atoms with E-state index in [1.54, 1.807) is 4.88 Å². The third kappa shape index (κ3) is 1.80. The van der Waals surface area contributed by atoms with Gasteiger partial charge in [-0.1, -0.05) is 13.0 Å². The zero-order valence-corrected chi connectivity index (χ0v) is 11.8. The van der Waals surface area contributed by atoms with Gasteiger partial charge in [-0.05, 0) is 55.0 Å². The largest absolute Gasteiger partial charge is 0.337 e. The Morgan fingerprint density at radius 2 is 2.21 bits per heavy atom. The number of aromatic amines is 1. The fraction of sp³-hybridized carbons (Fsp3) is 0.312. The highest BCUT2D eigenvalue weighted by molar-refractivity contribution is 7.15. The smallest absolute Gasteiger partial charge is 0.148 e. The molecule has 0 spiro atoms. The molecule has 0 bridgehead atoms. The lowest BCUT2D eigenvalue weighted by Crippen LogP contribution is -1.78. The average Bonchev–Trinajstić information content (AvgIpc) is 3.10. The normalized spacial score (nSPS) is 14.2. The molecule has 3 aromatic rings. The molecule has 1 aliphatic carbocycles. The van der Waals surface area contributed by atoms with E-state index in [0.717, 1.165) is 23.3 Å². The van der Waals surface area contributed by atoms with E-state index in [-0.39, 0.29) is 0 Å². The molecule has 0 fully saturated rings. The van der Waals surface area contributed by atoms with Crippen LogP contribution in [0, 0.1) is 0 Å². The molecule has 0 atom stereocenters. The van der Waals surface area contributed by atoms with Gasteiger partial charge < -0.3 is 4.98 Å². The number of hydrogen-bond acceptors (Lipinski definition) is 2. The second kappa shape index (κ2) is 4.20. The van der Waals surface area contributed by atoms with Crippen LogP contribution in [0.1, 0.15) is 29.3 Å². The van der Waals surface area contributed by atoms with Crippen molar-refractivity contribution < 1.29 is 0 Å². The van der Waals surface area contributed by atoms with Crippen molar-refractivity contribution in [3.8, 4) is 10.7 Å². The summed E-state index contributed by atoms with van der Waals surface area (Å²) in [7, 11) is 0. The monoisotopic (exact) mass is 268 g/mol. The van der Waals surface area contributed by atoms with Crippen LogP contribution >= 0.6 is 11.3 Å². The summed E-state index contributed by atoms with van der Waals surface area (Å²) < 4.78 is 0. The molecule has 2 aromatic heterocycles. The predicted octanol–water partition coefficient (Wildman–Crippen LogP) is 4.34. The molecule has 1 N–H and O–H groups in total. The van der Waals surface area contributed by atoms with Gasteiger partial charge in [0.25, 0.3) is 0 Å². The molecule has 1 aromatic carbocycles. The van der Waals surface area contributed by atoms with Crippen LogP contribution in [0.3, 0.4) is 0 Å². The summed E-state index contributed by atoms with van der Waals surface area (Å²) in [5.74, 6) is 1.03. The fourth-order valence-corrected chi connectivity index (χ4v) is 4.04. The van der Waals surface area contributed by atoms with E-state index in [1.165, 1.54) is 35.3 Å². The number of nitrogens with one attached hydrogen (secondary N) is 1. The maximum Gasteiger partial charge on any atom is 0.148 e. The lowest BCUT2D eigenvalue weighted by Gasteiger charge is -1.93. The van der Waals surface area contributed by atoms with Gasteiger partial charge in [0.15, 0.2) is 0 Å². The lowest BCUT2D eigenvalue weighted by molar-refractivity contribution is 0.915. The van der Waals surface area contributed by atoms with E-state index in [2.05, 4.69) is 36.2 Å². The van der Waals surface area contributed by atoms with Crippen LogP contribution in [-0.2, 0) is 19.3 Å². The molecule has 0 unspecified atom stereocenters. The van der Waals surface area contributed by atoms with Gasteiger partial charge in [-0.3, -0.25) is 0 Å². The van der Waals surface area contributed by atoms with E-state index in [4.69, 9.17) is 4.98 Å². The summed E-state index contributed by atoms with van der Waals surface area (Å²) in [4.78, 5) is 11.1. The Morgan fingerprint density at radius 3 is 3.05 bits per heavy atom. The van der Waals surface area contributed by atoms with Gasteiger partial charge in [0.1, 0.15) is 5.82 Å². The zero-order valence-electron chi connectivity index (χ0n) is 11.0. The molecule has 0 saturated heterocycles. The van der Waals surface area contributed by atoms with Crippen molar-refractivity contribution in [2.75, 3.05) is 0 Å². The second-order valence-electron chi connectivity index (χ2n) is 5.20. The van der Waals surface area contributed by atoms with Crippen LogP contribution in [0.2, 0.25) is 0 Å². The molecular weight excluding hydrogens is 252 g/mol. The number of thiophene rings is 1. The van der Waals surface area contributed by atoms with Gasteiger partial charge in [0.05, 0.1) is 15.9 Å². The summed E-state index contributed by atoms with van der Waals surface area (Å²) in [5.41, 5.74) is 5.12. The van der Waals surface area contributed by atoms with Gasteiger partial charge >= 0.3 is 0 Å². The molecule has 4 rings (SSSR count). The zero-order chi connectivity index (χ0) is 12.8. The Hall–Kier alpha value is -1.61. The number of aryl methyl sites for hydroxylation is 3. The Balaban J connectivity index is 1.81. The van der Waals surface area contributed by atoms with Crippen molar-refractivity contribution in [3.63, 3.8) is 0 Å². The number of nitrogens with zero attached hydrogens (tertiary/aromatic N) is 1. The molecule has 0 aliphatic heterocycles. The average molecular weight is 268 g/mol. The third-order valence-electron chi connectivity index (χ3n) is 3.93. The Bertz CT molecular complexity index is 730. The third-order valence-corrected chi connectivity index (χ3v) is 5.18. The topological polar surface area (TPSA) is 28.7 Å². The molecule has 96 valence electrons. The Kier molecular flexibility index (Phi) is 2.49. The van der Waals surface area contributed by atoms with Gasteiger partial charge in [-0.2, -0.15) is 0 Å². The number of H-pyrrole nitrogens is 1. The van der Waals surface area contributed by atoms with Crippen LogP contribution in [0.15, 0.2) is 24.3 Å². The fourth-order valence-electron chi connectivity index (χ4n) is 2.84. The van der Waals surface area contributed by atoms with E-state index >= 15 is 0 Å². The van der Waals surface area contributed by atoms with Crippen LogP contribution < -0.4 is 0 Å². The van der Waals surface area contributed by atoms with Crippen molar-refractivity contribution >= 4 is 22.4 Å². The van der Waals surface area contributed by atoms with Gasteiger partial charge in [0, 0.05) is 4.88 Å². The lowest BCUT2D eigenvalue weighted by atomic mass is 10.1. The van der Waals surface area contributed by atoms with E-state index in [1.807, 2.05) is 11.3 Å². The van der Waals surface area contributed by atoms with Crippen LogP contribution in [0.5, 0.6) is 0 Å². The molecule has 1 aliphatic rings. The summed E-state index contributed by atoms with van der Waals surface area (Å²) in [6.45, 7) is 2.18. The first-order valence-electron chi connectivity index (χ1n) is 6.94. The molecule has 2 heterocycles. The van der Waals surface area contributed by atoms with Crippen molar-refractivity contribution in [1.82, 2.24) is 9.97 Å². The van der Waals surface area contributed by atoms with E-state index < -0.39 is 0 Å². The minimum Gasteiger partial charge on any atom is -0.337 e. The van der Waals surface area contributed by atoms with E-state index in [9.17, 15) is 0 Å². The highest BCUT2D eigenvalue weighted by Crippen LogP contribution is 2.36. The van der Waals surface area contributed by atoms with Gasteiger partial charge in [0.2, 0.25) is 0 Å². The highest BCUT2D eigenvalue weighted by atomic mass is 32.1. The molecule has 3 heteroatoms. The first-order chi connectivity index (χ1) is 9.33. The minimum absolute atomic E-state index is 1.03. The van der Waals surface area contributed by atoms with Gasteiger partial charge in [-0.25, -0.2) is 4.98 Å². The highest BCUT2D eigenvalue weighted by Gasteiger charge is 2.17. The number of hydrogen-bond donors (Lipinski definition) is 1. The maximum absolute atomic E-state index is 4.73. The summed E-state index contributed by atoms with van der Waals surface area (Å²) in [6, 6.07) is 8.83. The van der Waals surface area contributed by atoms with Gasteiger partial charge in [-0.15, -0.1) is 11.3 Å². The van der Waals surface area contributed by atoms with Crippen molar-refractivity contribution in [3.05, 3.63) is 40.3 Å². The first kappa shape index (κ1) is 11.2. The Morgan fingerprint density at radius 1 is 1.26 bits per heavy atom. The van der Waals surface area contributed by atoms with Crippen molar-refractivity contribution in [2.45, 2.75) is 32.6 Å². The molecule has 0 saturated carbocycles. The van der Waals surface area contributed by atoms with Crippen molar-refractivity contribution in [2.24, 2.45) is 0 Å². The summed E-state index contributed by atoms with van der Waals surface area (Å²) in [5, 5.41) is 0. The molecular formula is C16H16N2S. The molecule has 0 amide bonds. The Labute approximate surface area is 116 Å². The predicted molar refractivity (Wildman–Crippen MR) is 80.8 cm³/mol. The molecule has 2 nitrogen and oxygen atoms in total. The van der Waals surface area contributed by atoms with Crippen LogP contribution in [0.25, 0.3) is 21.7 Å². The second-order valence-corrected chi connectivity index (χ2v) is 6.34. The minimum atomic E-state index is 1.03. The molecule has 19 heavy (non-hydrogen) atoms. The summed E-state index contributed by atoms with van der Waals surface area (Å²) in [6.07, 6.45) is 4.88. The number of rotatable bonds is 2. The first-order valence-corrected chi connectivity index (χ1v) is 7.76. The number of imidazole rings is 1.